The predicted molar refractivity (Wildman–Crippen MR) is 86.8 cm³/mol. The standard InChI is InChI=1S/C16H22N6O3/c1-10-17-14(25-19-10)16-6-4-5-12(16)7-21(9-16)13(23)8-22-15(24)20(3)11(2)18-22/h12H,4-9H2,1-3H3/t12-,16-/m0/s1. The van der Waals surface area contributed by atoms with Gasteiger partial charge in [-0.05, 0) is 32.6 Å². The molecule has 25 heavy (non-hydrogen) atoms. The summed E-state index contributed by atoms with van der Waals surface area (Å²) in [5.74, 6) is 2.10. The average Bonchev–Trinajstić information content (AvgIpc) is 3.29. The maximum absolute atomic E-state index is 12.7. The Kier molecular flexibility index (Phi) is 3.55. The van der Waals surface area contributed by atoms with Crippen LogP contribution < -0.4 is 5.69 Å². The first-order chi connectivity index (χ1) is 11.9. The first kappa shape index (κ1) is 16.0. The lowest BCUT2D eigenvalue weighted by Gasteiger charge is -2.24. The summed E-state index contributed by atoms with van der Waals surface area (Å²) in [7, 11) is 1.65. The van der Waals surface area contributed by atoms with Crippen LogP contribution in [0.15, 0.2) is 9.32 Å². The molecule has 1 amide bonds. The van der Waals surface area contributed by atoms with E-state index in [1.807, 2.05) is 4.90 Å². The van der Waals surface area contributed by atoms with Gasteiger partial charge in [-0.2, -0.15) is 10.1 Å². The second-order valence-electron chi connectivity index (χ2n) is 7.21. The molecule has 4 rings (SSSR count). The normalized spacial score (nSPS) is 25.6. The number of nitrogens with zero attached hydrogens (tertiary/aromatic N) is 6. The minimum Gasteiger partial charge on any atom is -0.340 e. The molecule has 2 atom stereocenters. The molecule has 1 saturated carbocycles. The zero-order chi connectivity index (χ0) is 17.8. The van der Waals surface area contributed by atoms with Crippen molar-refractivity contribution in [3.05, 3.63) is 28.0 Å². The van der Waals surface area contributed by atoms with Gasteiger partial charge >= 0.3 is 5.69 Å². The Labute approximate surface area is 144 Å². The monoisotopic (exact) mass is 346 g/mol. The number of rotatable bonds is 3. The van der Waals surface area contributed by atoms with Gasteiger partial charge in [-0.1, -0.05) is 11.6 Å². The largest absolute Gasteiger partial charge is 0.346 e. The van der Waals surface area contributed by atoms with Gasteiger partial charge in [0.05, 0.1) is 5.41 Å². The van der Waals surface area contributed by atoms with Gasteiger partial charge in [0.25, 0.3) is 0 Å². The van der Waals surface area contributed by atoms with Gasteiger partial charge in [-0.25, -0.2) is 9.48 Å². The molecular formula is C16H22N6O3. The minimum atomic E-state index is -0.271. The minimum absolute atomic E-state index is 0.0355. The quantitative estimate of drug-likeness (QED) is 0.785. The number of fused-ring (bicyclic) bond motifs is 1. The molecule has 134 valence electrons. The second-order valence-corrected chi connectivity index (χ2v) is 7.21. The lowest BCUT2D eigenvalue weighted by molar-refractivity contribution is -0.131. The Balaban J connectivity index is 1.56. The van der Waals surface area contributed by atoms with Crippen LogP contribution in [0, 0.1) is 19.8 Å². The van der Waals surface area contributed by atoms with Crippen molar-refractivity contribution in [2.45, 2.75) is 45.1 Å². The van der Waals surface area contributed by atoms with Crippen molar-refractivity contribution in [1.82, 2.24) is 29.4 Å². The highest BCUT2D eigenvalue weighted by Gasteiger charge is 2.55. The summed E-state index contributed by atoms with van der Waals surface area (Å²) in [6.45, 7) is 4.75. The molecule has 9 nitrogen and oxygen atoms in total. The second kappa shape index (κ2) is 5.53. The molecule has 3 heterocycles. The SMILES string of the molecule is Cc1noc([C@]23CCC[C@H]2CN(C(=O)Cn2nc(C)n(C)c2=O)C3)n1. The van der Waals surface area contributed by atoms with Crippen molar-refractivity contribution >= 4 is 5.91 Å². The van der Waals surface area contributed by atoms with E-state index >= 15 is 0 Å². The Morgan fingerprint density at radius 3 is 2.84 bits per heavy atom. The van der Waals surface area contributed by atoms with Crippen LogP contribution >= 0.6 is 0 Å². The molecule has 0 spiro atoms. The van der Waals surface area contributed by atoms with Gasteiger partial charge in [-0.15, -0.1) is 0 Å². The van der Waals surface area contributed by atoms with Gasteiger partial charge in [-0.3, -0.25) is 9.36 Å². The first-order valence-electron chi connectivity index (χ1n) is 8.60. The molecule has 0 radical (unpaired) electrons. The number of hydrogen-bond acceptors (Lipinski definition) is 6. The van der Waals surface area contributed by atoms with Crippen LogP contribution in [-0.2, 0) is 23.8 Å². The van der Waals surface area contributed by atoms with E-state index in [9.17, 15) is 9.59 Å². The Morgan fingerprint density at radius 1 is 1.40 bits per heavy atom. The molecule has 1 aliphatic heterocycles. The zero-order valence-electron chi connectivity index (χ0n) is 14.7. The lowest BCUT2D eigenvalue weighted by Crippen LogP contribution is -2.38. The molecule has 2 fully saturated rings. The fourth-order valence-electron chi connectivity index (χ4n) is 4.26. The van der Waals surface area contributed by atoms with Crippen LogP contribution in [-0.4, -0.2) is 48.4 Å². The molecule has 2 aromatic rings. The molecule has 1 saturated heterocycles. The van der Waals surface area contributed by atoms with Crippen LogP contribution in [0.1, 0.15) is 36.8 Å². The van der Waals surface area contributed by atoms with E-state index in [1.165, 1.54) is 9.25 Å². The highest BCUT2D eigenvalue weighted by atomic mass is 16.5. The number of carbonyl (C=O) groups excluding carboxylic acids is 1. The summed E-state index contributed by atoms with van der Waals surface area (Å²) in [5, 5.41) is 8.08. The van der Waals surface area contributed by atoms with Crippen LogP contribution in [0.25, 0.3) is 0 Å². The zero-order valence-corrected chi connectivity index (χ0v) is 14.7. The topological polar surface area (TPSA) is 99.0 Å². The van der Waals surface area contributed by atoms with E-state index in [1.54, 1.807) is 20.9 Å². The van der Waals surface area contributed by atoms with Crippen LogP contribution in [0.2, 0.25) is 0 Å². The number of aromatic nitrogens is 5. The van der Waals surface area contributed by atoms with Crippen molar-refractivity contribution in [2.75, 3.05) is 13.1 Å². The molecule has 0 aromatic carbocycles. The number of aryl methyl sites for hydroxylation is 2. The van der Waals surface area contributed by atoms with E-state index in [4.69, 9.17) is 4.52 Å². The van der Waals surface area contributed by atoms with Crippen molar-refractivity contribution in [2.24, 2.45) is 13.0 Å². The molecule has 0 unspecified atom stereocenters. The Hall–Kier alpha value is -2.45. The fourth-order valence-corrected chi connectivity index (χ4v) is 4.26. The molecule has 9 heteroatoms. The highest BCUT2D eigenvalue weighted by molar-refractivity contribution is 5.76. The van der Waals surface area contributed by atoms with Crippen molar-refractivity contribution < 1.29 is 9.32 Å². The summed E-state index contributed by atoms with van der Waals surface area (Å²) < 4.78 is 8.14. The summed E-state index contributed by atoms with van der Waals surface area (Å²) >= 11 is 0. The fraction of sp³-hybridized carbons (Fsp3) is 0.688. The van der Waals surface area contributed by atoms with E-state index < -0.39 is 0 Å². The summed E-state index contributed by atoms with van der Waals surface area (Å²) in [5.41, 5.74) is -0.505. The van der Waals surface area contributed by atoms with E-state index in [2.05, 4.69) is 15.2 Å². The third-order valence-corrected chi connectivity index (χ3v) is 5.72. The number of amides is 1. The number of likely N-dealkylation sites (tertiary alicyclic amines) is 1. The maximum Gasteiger partial charge on any atom is 0.346 e. The van der Waals surface area contributed by atoms with Gasteiger partial charge in [0.15, 0.2) is 5.82 Å². The Morgan fingerprint density at radius 2 is 2.20 bits per heavy atom. The summed E-state index contributed by atoms with van der Waals surface area (Å²) in [4.78, 5) is 31.1. The third-order valence-electron chi connectivity index (χ3n) is 5.72. The summed E-state index contributed by atoms with van der Waals surface area (Å²) in [6, 6.07) is 0. The molecule has 0 bridgehead atoms. The van der Waals surface area contributed by atoms with Crippen molar-refractivity contribution in [1.29, 1.82) is 0 Å². The van der Waals surface area contributed by atoms with Crippen LogP contribution in [0.3, 0.4) is 0 Å². The smallest absolute Gasteiger partial charge is 0.340 e. The highest BCUT2D eigenvalue weighted by Crippen LogP contribution is 2.49. The molecule has 0 N–H and O–H groups in total. The maximum atomic E-state index is 12.7. The Bertz CT molecular complexity index is 881. The van der Waals surface area contributed by atoms with Crippen molar-refractivity contribution in [3.63, 3.8) is 0 Å². The molecule has 2 aliphatic rings. The van der Waals surface area contributed by atoms with Gasteiger partial charge < -0.3 is 9.42 Å². The van der Waals surface area contributed by atoms with E-state index in [0.717, 1.165) is 19.3 Å². The van der Waals surface area contributed by atoms with E-state index in [0.29, 0.717) is 36.5 Å². The van der Waals surface area contributed by atoms with Gasteiger partial charge in [0, 0.05) is 20.1 Å². The number of carbonyl (C=O) groups is 1. The summed E-state index contributed by atoms with van der Waals surface area (Å²) in [6.07, 6.45) is 3.10. The third kappa shape index (κ3) is 2.40. The predicted octanol–water partition coefficient (Wildman–Crippen LogP) is 0.162. The molecular weight excluding hydrogens is 324 g/mol. The number of hydrogen-bond donors (Lipinski definition) is 0. The van der Waals surface area contributed by atoms with E-state index in [-0.39, 0.29) is 23.6 Å². The van der Waals surface area contributed by atoms with Crippen molar-refractivity contribution in [3.8, 4) is 0 Å². The van der Waals surface area contributed by atoms with Gasteiger partial charge in [0.2, 0.25) is 11.8 Å². The van der Waals surface area contributed by atoms with Crippen LogP contribution in [0.5, 0.6) is 0 Å². The van der Waals surface area contributed by atoms with Gasteiger partial charge in [0.1, 0.15) is 12.4 Å². The molecule has 2 aromatic heterocycles. The molecule has 1 aliphatic carbocycles. The first-order valence-corrected chi connectivity index (χ1v) is 8.60. The average molecular weight is 346 g/mol. The van der Waals surface area contributed by atoms with Crippen LogP contribution in [0.4, 0.5) is 0 Å². The lowest BCUT2D eigenvalue weighted by atomic mass is 9.80.